The van der Waals surface area contributed by atoms with Crippen LogP contribution in [0.25, 0.3) is 10.2 Å². The van der Waals surface area contributed by atoms with Gasteiger partial charge in [0.2, 0.25) is 5.91 Å². The Hall–Kier alpha value is -2.67. The molecule has 6 nitrogen and oxygen atoms in total. The van der Waals surface area contributed by atoms with Crippen LogP contribution in [0, 0.1) is 19.8 Å². The van der Waals surface area contributed by atoms with E-state index in [0.717, 1.165) is 16.8 Å². The molecule has 1 N–H and O–H groups in total. The van der Waals surface area contributed by atoms with Gasteiger partial charge in [0.05, 0.1) is 5.52 Å². The zero-order valence-electron chi connectivity index (χ0n) is 15.9. The number of aromatic nitrogens is 2. The standard InChI is InChI=1S/C20H23N3O3S/c1-12(2)10-23-19(25)18-16(8-9-27-18)22(20(23)26)11-17(24)21-15-7-5-6-13(3)14(15)4/h5-9,12H,10-11H2,1-4H3,(H,21,24). The van der Waals surface area contributed by atoms with Crippen molar-refractivity contribution in [1.29, 1.82) is 0 Å². The Bertz CT molecular complexity index is 1120. The molecule has 3 rings (SSSR count). The topological polar surface area (TPSA) is 73.1 Å². The molecule has 0 aliphatic rings. The lowest BCUT2D eigenvalue weighted by Crippen LogP contribution is -2.42. The van der Waals surface area contributed by atoms with Crippen molar-refractivity contribution in [1.82, 2.24) is 9.13 Å². The number of nitrogens with one attached hydrogen (secondary N) is 1. The molecule has 2 aromatic heterocycles. The van der Waals surface area contributed by atoms with Gasteiger partial charge in [0.15, 0.2) is 0 Å². The molecule has 0 saturated carbocycles. The first kappa shape index (κ1) is 19.1. The summed E-state index contributed by atoms with van der Waals surface area (Å²) in [5, 5.41) is 4.64. The number of hydrogen-bond acceptors (Lipinski definition) is 4. The van der Waals surface area contributed by atoms with Gasteiger partial charge in [-0.1, -0.05) is 26.0 Å². The molecule has 27 heavy (non-hydrogen) atoms. The first-order valence-corrected chi connectivity index (χ1v) is 9.74. The maximum absolute atomic E-state index is 12.9. The second kappa shape index (κ2) is 7.52. The van der Waals surface area contributed by atoms with Gasteiger partial charge in [0.1, 0.15) is 11.2 Å². The first-order chi connectivity index (χ1) is 12.8. The summed E-state index contributed by atoms with van der Waals surface area (Å²) in [7, 11) is 0. The molecule has 0 spiro atoms. The molecule has 0 atom stereocenters. The van der Waals surface area contributed by atoms with E-state index in [1.165, 1.54) is 20.5 Å². The summed E-state index contributed by atoms with van der Waals surface area (Å²) in [5.41, 5.74) is 2.57. The number of hydrogen-bond donors (Lipinski definition) is 1. The summed E-state index contributed by atoms with van der Waals surface area (Å²) in [4.78, 5) is 38.1. The number of carbonyl (C=O) groups excluding carboxylic acids is 1. The number of rotatable bonds is 5. The van der Waals surface area contributed by atoms with Gasteiger partial charge in [-0.05, 0) is 48.4 Å². The Morgan fingerprint density at radius 2 is 1.89 bits per heavy atom. The predicted octanol–water partition coefficient (Wildman–Crippen LogP) is 3.14. The van der Waals surface area contributed by atoms with Gasteiger partial charge in [-0.2, -0.15) is 0 Å². The monoisotopic (exact) mass is 385 g/mol. The van der Waals surface area contributed by atoms with Gasteiger partial charge in [-0.25, -0.2) is 4.79 Å². The van der Waals surface area contributed by atoms with Crippen LogP contribution in [0.2, 0.25) is 0 Å². The van der Waals surface area contributed by atoms with Crippen LogP contribution in [-0.2, 0) is 17.9 Å². The van der Waals surface area contributed by atoms with Crippen LogP contribution in [0.15, 0.2) is 39.2 Å². The van der Waals surface area contributed by atoms with Crippen LogP contribution in [0.5, 0.6) is 0 Å². The minimum Gasteiger partial charge on any atom is -0.324 e. The number of thiophene rings is 1. The van der Waals surface area contributed by atoms with Crippen molar-refractivity contribution in [3.05, 3.63) is 61.6 Å². The zero-order chi connectivity index (χ0) is 19.7. The molecule has 0 radical (unpaired) electrons. The van der Waals surface area contributed by atoms with Crippen molar-refractivity contribution >= 4 is 33.1 Å². The van der Waals surface area contributed by atoms with E-state index in [1.807, 2.05) is 45.9 Å². The minimum atomic E-state index is -0.448. The number of aryl methyl sites for hydroxylation is 1. The summed E-state index contributed by atoms with van der Waals surface area (Å²) in [6, 6.07) is 7.41. The molecule has 3 aromatic rings. The largest absolute Gasteiger partial charge is 0.332 e. The molecule has 142 valence electrons. The molecule has 0 aliphatic carbocycles. The zero-order valence-corrected chi connectivity index (χ0v) is 16.7. The van der Waals surface area contributed by atoms with E-state index < -0.39 is 5.69 Å². The second-order valence-electron chi connectivity index (χ2n) is 7.11. The highest BCUT2D eigenvalue weighted by Crippen LogP contribution is 2.19. The molecule has 1 aromatic carbocycles. The summed E-state index contributed by atoms with van der Waals surface area (Å²) in [6.45, 7) is 8.00. The van der Waals surface area contributed by atoms with Crippen LogP contribution < -0.4 is 16.6 Å². The minimum absolute atomic E-state index is 0.141. The van der Waals surface area contributed by atoms with Gasteiger partial charge in [-0.15, -0.1) is 11.3 Å². The molecule has 7 heteroatoms. The summed E-state index contributed by atoms with van der Waals surface area (Å²) in [6.07, 6.45) is 0. The van der Waals surface area contributed by atoms with Crippen LogP contribution >= 0.6 is 11.3 Å². The smallest absolute Gasteiger partial charge is 0.324 e. The molecule has 1 amide bonds. The molecule has 0 aliphatic heterocycles. The molecule has 0 fully saturated rings. The predicted molar refractivity (Wildman–Crippen MR) is 110 cm³/mol. The third-order valence-corrected chi connectivity index (χ3v) is 5.46. The third-order valence-electron chi connectivity index (χ3n) is 4.56. The summed E-state index contributed by atoms with van der Waals surface area (Å²) in [5.74, 6) is -0.155. The van der Waals surface area contributed by atoms with Crippen molar-refractivity contribution in [2.75, 3.05) is 5.32 Å². The lowest BCUT2D eigenvalue weighted by atomic mass is 10.1. The van der Waals surface area contributed by atoms with Crippen LogP contribution in [0.4, 0.5) is 5.69 Å². The van der Waals surface area contributed by atoms with E-state index in [0.29, 0.717) is 16.8 Å². The number of nitrogens with zero attached hydrogens (tertiary/aromatic N) is 2. The van der Waals surface area contributed by atoms with Crippen molar-refractivity contribution in [3.63, 3.8) is 0 Å². The van der Waals surface area contributed by atoms with Crippen molar-refractivity contribution in [2.45, 2.75) is 40.8 Å². The maximum Gasteiger partial charge on any atom is 0.332 e. The van der Waals surface area contributed by atoms with Crippen LogP contribution in [0.1, 0.15) is 25.0 Å². The van der Waals surface area contributed by atoms with Gasteiger partial charge in [0, 0.05) is 12.2 Å². The molecule has 0 unspecified atom stereocenters. The second-order valence-corrected chi connectivity index (χ2v) is 8.03. The fourth-order valence-electron chi connectivity index (χ4n) is 3.03. The maximum atomic E-state index is 12.9. The fourth-order valence-corrected chi connectivity index (χ4v) is 3.88. The SMILES string of the molecule is Cc1cccc(NC(=O)Cn2c(=O)n(CC(C)C)c(=O)c3sccc32)c1C. The first-order valence-electron chi connectivity index (χ1n) is 8.86. The molecule has 2 heterocycles. The Morgan fingerprint density at radius 3 is 2.59 bits per heavy atom. The van der Waals surface area contributed by atoms with Gasteiger partial charge >= 0.3 is 5.69 Å². The molecule has 0 saturated heterocycles. The highest BCUT2D eigenvalue weighted by atomic mass is 32.1. The van der Waals surface area contributed by atoms with Crippen molar-refractivity contribution < 1.29 is 4.79 Å². The van der Waals surface area contributed by atoms with E-state index >= 15 is 0 Å². The fraction of sp³-hybridized carbons (Fsp3) is 0.350. The van der Waals surface area contributed by atoms with Gasteiger partial charge in [0.25, 0.3) is 5.56 Å². The van der Waals surface area contributed by atoms with E-state index in [1.54, 1.807) is 11.4 Å². The Morgan fingerprint density at radius 1 is 1.15 bits per heavy atom. The highest BCUT2D eigenvalue weighted by molar-refractivity contribution is 7.17. The van der Waals surface area contributed by atoms with E-state index in [-0.39, 0.29) is 23.9 Å². The third kappa shape index (κ3) is 3.73. The Balaban J connectivity index is 2.00. The number of anilines is 1. The normalized spacial score (nSPS) is 11.3. The number of benzene rings is 1. The average molecular weight is 385 g/mol. The van der Waals surface area contributed by atoms with Gasteiger partial charge < -0.3 is 5.32 Å². The lowest BCUT2D eigenvalue weighted by Gasteiger charge is -2.14. The Kier molecular flexibility index (Phi) is 5.32. The van der Waals surface area contributed by atoms with E-state index in [2.05, 4.69) is 5.32 Å². The lowest BCUT2D eigenvalue weighted by molar-refractivity contribution is -0.116. The van der Waals surface area contributed by atoms with Gasteiger partial charge in [-0.3, -0.25) is 18.7 Å². The molecular weight excluding hydrogens is 362 g/mol. The number of carbonyl (C=O) groups is 1. The quantitative estimate of drug-likeness (QED) is 0.733. The molecule has 0 bridgehead atoms. The Labute approximate surface area is 161 Å². The highest BCUT2D eigenvalue weighted by Gasteiger charge is 2.17. The molecular formula is C20H23N3O3S. The van der Waals surface area contributed by atoms with Crippen LogP contribution in [-0.4, -0.2) is 15.0 Å². The summed E-state index contributed by atoms with van der Waals surface area (Å²) < 4.78 is 3.11. The number of fused-ring (bicyclic) bond motifs is 1. The summed E-state index contributed by atoms with van der Waals surface area (Å²) >= 11 is 1.29. The van der Waals surface area contributed by atoms with Crippen LogP contribution in [0.3, 0.4) is 0 Å². The van der Waals surface area contributed by atoms with Crippen molar-refractivity contribution in [3.8, 4) is 0 Å². The van der Waals surface area contributed by atoms with E-state index in [4.69, 9.17) is 0 Å². The average Bonchev–Trinajstić information content (AvgIpc) is 3.09. The van der Waals surface area contributed by atoms with E-state index in [9.17, 15) is 14.4 Å². The number of amides is 1. The van der Waals surface area contributed by atoms with Crippen molar-refractivity contribution in [2.24, 2.45) is 5.92 Å².